The molecular weight excluding hydrogens is 268 g/mol. The number of hydrogen-bond donors (Lipinski definition) is 0. The van der Waals surface area contributed by atoms with Crippen LogP contribution in [0, 0.1) is 0 Å². The lowest BCUT2D eigenvalue weighted by molar-refractivity contribution is 0.601. The van der Waals surface area contributed by atoms with E-state index in [0.29, 0.717) is 5.65 Å². The molecule has 0 amide bonds. The number of fused-ring (bicyclic) bond motifs is 1. The molecule has 0 fully saturated rings. The van der Waals surface area contributed by atoms with E-state index in [9.17, 15) is 8.42 Å². The average Bonchev–Trinajstić information content (AvgIpc) is 2.46. The predicted octanol–water partition coefficient (Wildman–Crippen LogP) is 1.50. The van der Waals surface area contributed by atoms with Gasteiger partial charge in [0.25, 0.3) is 0 Å². The summed E-state index contributed by atoms with van der Waals surface area (Å²) in [5, 5.41) is 0. The Morgan fingerprint density at radius 2 is 2.14 bits per heavy atom. The molecule has 0 spiro atoms. The van der Waals surface area contributed by atoms with E-state index in [1.165, 1.54) is 6.26 Å². The van der Waals surface area contributed by atoms with Crippen LogP contribution >= 0.6 is 15.9 Å². The zero-order chi connectivity index (χ0) is 10.3. The molecule has 2 rings (SSSR count). The van der Waals surface area contributed by atoms with Gasteiger partial charge in [-0.1, -0.05) is 0 Å². The summed E-state index contributed by atoms with van der Waals surface area (Å²) in [7, 11) is -3.16. The summed E-state index contributed by atoms with van der Waals surface area (Å²) >= 11 is 3.27. The first-order chi connectivity index (χ1) is 6.48. The van der Waals surface area contributed by atoms with Crippen molar-refractivity contribution in [1.29, 1.82) is 0 Å². The number of pyridine rings is 1. The largest absolute Gasteiger partial charge is 0.293 e. The third kappa shape index (κ3) is 1.55. The van der Waals surface area contributed by atoms with Crippen LogP contribution in [-0.2, 0) is 9.84 Å². The molecule has 0 aliphatic carbocycles. The second kappa shape index (κ2) is 3.06. The number of rotatable bonds is 1. The molecule has 0 aromatic carbocycles. The fourth-order valence-electron chi connectivity index (χ4n) is 1.15. The Morgan fingerprint density at radius 3 is 2.79 bits per heavy atom. The molecule has 0 bridgehead atoms. The summed E-state index contributed by atoms with van der Waals surface area (Å²) in [6.45, 7) is 0. The van der Waals surface area contributed by atoms with Crippen LogP contribution in [-0.4, -0.2) is 24.1 Å². The maximum atomic E-state index is 11.3. The van der Waals surface area contributed by atoms with Crippen LogP contribution < -0.4 is 0 Å². The first-order valence-electron chi connectivity index (χ1n) is 3.81. The van der Waals surface area contributed by atoms with Gasteiger partial charge in [-0.15, -0.1) is 0 Å². The highest BCUT2D eigenvalue weighted by atomic mass is 79.9. The number of halogens is 1. The topological polar surface area (TPSA) is 51.4 Å². The lowest BCUT2D eigenvalue weighted by Gasteiger charge is -1.99. The van der Waals surface area contributed by atoms with Crippen LogP contribution in [0.4, 0.5) is 0 Å². The molecule has 2 heterocycles. The second-order valence-corrected chi connectivity index (χ2v) is 5.77. The fraction of sp³-hybridized carbons (Fsp3) is 0.125. The van der Waals surface area contributed by atoms with Gasteiger partial charge in [-0.25, -0.2) is 13.4 Å². The van der Waals surface area contributed by atoms with Gasteiger partial charge in [0, 0.05) is 12.5 Å². The van der Waals surface area contributed by atoms with Gasteiger partial charge in [0.2, 0.25) is 0 Å². The first kappa shape index (κ1) is 9.67. The minimum Gasteiger partial charge on any atom is -0.293 e. The van der Waals surface area contributed by atoms with Crippen LogP contribution in [0.25, 0.3) is 5.65 Å². The van der Waals surface area contributed by atoms with Crippen LogP contribution in [0.3, 0.4) is 0 Å². The Labute approximate surface area is 89.6 Å². The maximum Gasteiger partial charge on any atom is 0.176 e. The van der Waals surface area contributed by atoms with E-state index < -0.39 is 9.84 Å². The molecule has 0 saturated heterocycles. The van der Waals surface area contributed by atoms with E-state index in [1.54, 1.807) is 28.9 Å². The van der Waals surface area contributed by atoms with Crippen molar-refractivity contribution in [2.75, 3.05) is 6.26 Å². The smallest absolute Gasteiger partial charge is 0.176 e. The summed E-state index contributed by atoms with van der Waals surface area (Å²) in [5.41, 5.74) is 0.712. The highest BCUT2D eigenvalue weighted by Crippen LogP contribution is 2.16. The van der Waals surface area contributed by atoms with E-state index in [4.69, 9.17) is 0 Å². The summed E-state index contributed by atoms with van der Waals surface area (Å²) < 4.78 is 24.9. The van der Waals surface area contributed by atoms with E-state index in [-0.39, 0.29) is 4.90 Å². The van der Waals surface area contributed by atoms with Crippen molar-refractivity contribution in [3.05, 3.63) is 29.1 Å². The predicted molar refractivity (Wildman–Crippen MR) is 56.0 cm³/mol. The van der Waals surface area contributed by atoms with Crippen molar-refractivity contribution in [2.24, 2.45) is 0 Å². The molecule has 2 aromatic rings. The number of sulfone groups is 1. The zero-order valence-corrected chi connectivity index (χ0v) is 9.71. The number of hydrogen-bond acceptors (Lipinski definition) is 3. The van der Waals surface area contributed by atoms with Gasteiger partial charge in [-0.05, 0) is 28.1 Å². The zero-order valence-electron chi connectivity index (χ0n) is 7.31. The molecule has 0 aliphatic heterocycles. The molecular formula is C8H7BrN2O2S. The maximum absolute atomic E-state index is 11.3. The third-order valence-electron chi connectivity index (χ3n) is 1.86. The van der Waals surface area contributed by atoms with Crippen LogP contribution in [0.15, 0.2) is 34.0 Å². The van der Waals surface area contributed by atoms with Gasteiger partial charge in [-0.3, -0.25) is 4.40 Å². The molecule has 74 valence electrons. The molecule has 0 aliphatic rings. The molecule has 0 atom stereocenters. The van der Waals surface area contributed by atoms with E-state index >= 15 is 0 Å². The van der Waals surface area contributed by atoms with Crippen molar-refractivity contribution in [2.45, 2.75) is 4.90 Å². The van der Waals surface area contributed by atoms with Gasteiger partial charge in [-0.2, -0.15) is 0 Å². The number of aromatic nitrogens is 2. The van der Waals surface area contributed by atoms with Crippen molar-refractivity contribution in [3.63, 3.8) is 0 Å². The molecule has 0 radical (unpaired) electrons. The summed E-state index contributed by atoms with van der Waals surface area (Å²) in [5.74, 6) is 0. The minimum absolute atomic E-state index is 0.281. The SMILES string of the molecule is CS(=O)(=O)c1ccc2ncc(Br)n2c1. The standard InChI is InChI=1S/C8H7BrN2O2S/c1-14(12,13)6-2-3-8-10-4-7(9)11(8)5-6/h2-5H,1H3. The van der Waals surface area contributed by atoms with E-state index in [0.717, 1.165) is 4.60 Å². The van der Waals surface area contributed by atoms with Gasteiger partial charge >= 0.3 is 0 Å². The molecule has 0 unspecified atom stereocenters. The Hall–Kier alpha value is -0.880. The lowest BCUT2D eigenvalue weighted by atomic mass is 10.5. The second-order valence-electron chi connectivity index (χ2n) is 2.95. The molecule has 2 aromatic heterocycles. The number of imidazole rings is 1. The highest BCUT2D eigenvalue weighted by molar-refractivity contribution is 9.10. The molecule has 4 nitrogen and oxygen atoms in total. The van der Waals surface area contributed by atoms with Crippen molar-refractivity contribution < 1.29 is 8.42 Å². The Balaban J connectivity index is 2.79. The summed E-state index contributed by atoms with van der Waals surface area (Å²) in [6, 6.07) is 3.21. The summed E-state index contributed by atoms with van der Waals surface area (Å²) in [4.78, 5) is 4.34. The first-order valence-corrected chi connectivity index (χ1v) is 6.49. The van der Waals surface area contributed by atoms with Gasteiger partial charge in [0.15, 0.2) is 9.84 Å². The average molecular weight is 275 g/mol. The normalized spacial score (nSPS) is 12.1. The van der Waals surface area contributed by atoms with Crippen LogP contribution in [0.1, 0.15) is 0 Å². The van der Waals surface area contributed by atoms with Crippen molar-refractivity contribution in [3.8, 4) is 0 Å². The van der Waals surface area contributed by atoms with Crippen molar-refractivity contribution >= 4 is 31.4 Å². The third-order valence-corrected chi connectivity index (χ3v) is 3.55. The summed E-state index contributed by atoms with van der Waals surface area (Å²) in [6.07, 6.45) is 4.35. The Kier molecular flexibility index (Phi) is 2.11. The molecule has 6 heteroatoms. The van der Waals surface area contributed by atoms with Gasteiger partial charge < -0.3 is 0 Å². The Bertz CT molecular complexity index is 588. The molecule has 14 heavy (non-hydrogen) atoms. The van der Waals surface area contributed by atoms with E-state index in [2.05, 4.69) is 20.9 Å². The Morgan fingerprint density at radius 1 is 1.43 bits per heavy atom. The quantitative estimate of drug-likeness (QED) is 0.792. The van der Waals surface area contributed by atoms with E-state index in [1.807, 2.05) is 0 Å². The van der Waals surface area contributed by atoms with Crippen molar-refractivity contribution in [1.82, 2.24) is 9.38 Å². The number of nitrogens with zero attached hydrogens (tertiary/aromatic N) is 2. The monoisotopic (exact) mass is 274 g/mol. The molecule has 0 N–H and O–H groups in total. The minimum atomic E-state index is -3.16. The molecule has 0 saturated carbocycles. The lowest BCUT2D eigenvalue weighted by Crippen LogP contribution is -1.99. The van der Waals surface area contributed by atoms with Crippen LogP contribution in [0.2, 0.25) is 0 Å². The highest BCUT2D eigenvalue weighted by Gasteiger charge is 2.09. The van der Waals surface area contributed by atoms with Crippen LogP contribution in [0.5, 0.6) is 0 Å². The fourth-order valence-corrected chi connectivity index (χ4v) is 2.15. The van der Waals surface area contributed by atoms with Gasteiger partial charge in [0.1, 0.15) is 10.3 Å². The van der Waals surface area contributed by atoms with Gasteiger partial charge in [0.05, 0.1) is 11.1 Å².